The summed E-state index contributed by atoms with van der Waals surface area (Å²) in [7, 11) is 0. The number of amides is 1. The van der Waals surface area contributed by atoms with Gasteiger partial charge in [0.15, 0.2) is 5.69 Å². The summed E-state index contributed by atoms with van der Waals surface area (Å²) in [4.78, 5) is 18.1. The Labute approximate surface area is 162 Å². The zero-order chi connectivity index (χ0) is 18.5. The van der Waals surface area contributed by atoms with Crippen LogP contribution < -0.4 is 10.1 Å². The topological polar surface area (TPSA) is 75.0 Å². The fourth-order valence-corrected chi connectivity index (χ4v) is 4.53. The minimum atomic E-state index is -0.428. The van der Waals surface area contributed by atoms with Crippen molar-refractivity contribution in [1.29, 1.82) is 5.26 Å². The second kappa shape index (κ2) is 8.52. The second-order valence-corrected chi connectivity index (χ2v) is 7.61. The summed E-state index contributed by atoms with van der Waals surface area (Å²) in [5.74, 6) is -0.0803. The number of hydrogen-bond acceptors (Lipinski definition) is 5. The number of fused-ring (bicyclic) bond motifs is 1. The molecule has 0 bridgehead atoms. The SMILES string of the molecule is CCOc1ccc(Cl)c(C(=O)Nc2sc3c(c2C#N)CCCCCC3)n1. The van der Waals surface area contributed by atoms with Crippen molar-refractivity contribution in [2.45, 2.75) is 45.4 Å². The van der Waals surface area contributed by atoms with Gasteiger partial charge < -0.3 is 10.1 Å². The fraction of sp³-hybridized carbons (Fsp3) is 0.421. The van der Waals surface area contributed by atoms with E-state index in [2.05, 4.69) is 16.4 Å². The molecule has 0 aromatic carbocycles. The quantitative estimate of drug-likeness (QED) is 0.800. The molecule has 5 nitrogen and oxygen atoms in total. The van der Waals surface area contributed by atoms with E-state index in [4.69, 9.17) is 16.3 Å². The van der Waals surface area contributed by atoms with Crippen LogP contribution in [-0.4, -0.2) is 17.5 Å². The number of halogens is 1. The zero-order valence-corrected chi connectivity index (χ0v) is 16.2. The van der Waals surface area contributed by atoms with Crippen LogP contribution in [0.3, 0.4) is 0 Å². The predicted molar refractivity (Wildman–Crippen MR) is 103 cm³/mol. The van der Waals surface area contributed by atoms with Crippen molar-refractivity contribution >= 4 is 33.8 Å². The van der Waals surface area contributed by atoms with Gasteiger partial charge in [-0.3, -0.25) is 4.79 Å². The summed E-state index contributed by atoms with van der Waals surface area (Å²) < 4.78 is 5.34. The molecule has 0 saturated carbocycles. The maximum atomic E-state index is 12.7. The normalized spacial score (nSPS) is 13.9. The molecule has 3 rings (SSSR count). The molecule has 2 aromatic rings. The molecule has 0 spiro atoms. The van der Waals surface area contributed by atoms with Crippen LogP contribution in [-0.2, 0) is 12.8 Å². The number of hydrogen-bond donors (Lipinski definition) is 1. The number of nitrogens with one attached hydrogen (secondary N) is 1. The second-order valence-electron chi connectivity index (χ2n) is 6.10. The molecule has 0 saturated heterocycles. The van der Waals surface area contributed by atoms with Gasteiger partial charge in [0.1, 0.15) is 11.1 Å². The molecule has 0 radical (unpaired) electrons. The number of carbonyl (C=O) groups is 1. The van der Waals surface area contributed by atoms with Crippen LogP contribution in [0.2, 0.25) is 5.02 Å². The first-order chi connectivity index (χ1) is 12.6. The number of carbonyl (C=O) groups excluding carboxylic acids is 1. The first-order valence-corrected chi connectivity index (χ1v) is 9.98. The van der Waals surface area contributed by atoms with Crippen molar-refractivity contribution in [3.8, 4) is 11.9 Å². The molecule has 0 fully saturated rings. The van der Waals surface area contributed by atoms with Crippen molar-refractivity contribution in [1.82, 2.24) is 4.98 Å². The van der Waals surface area contributed by atoms with E-state index in [0.29, 0.717) is 23.1 Å². The number of aryl methyl sites for hydroxylation is 1. The highest BCUT2D eigenvalue weighted by Gasteiger charge is 2.22. The highest BCUT2D eigenvalue weighted by Crippen LogP contribution is 2.37. The predicted octanol–water partition coefficient (Wildman–Crippen LogP) is 4.98. The first kappa shape index (κ1) is 18.7. The standard InChI is InChI=1S/C19H20ClN3O2S/c1-2-25-16-10-9-14(20)17(22-16)18(24)23-19-13(11-21)12-7-5-3-4-6-8-15(12)26-19/h9-10H,2-8H2,1H3,(H,23,24). The minimum absolute atomic E-state index is 0.0994. The van der Waals surface area contributed by atoms with E-state index in [9.17, 15) is 10.1 Å². The summed E-state index contributed by atoms with van der Waals surface area (Å²) >= 11 is 7.63. The number of pyridine rings is 1. The van der Waals surface area contributed by atoms with Gasteiger partial charge in [0.25, 0.3) is 5.91 Å². The molecule has 7 heteroatoms. The minimum Gasteiger partial charge on any atom is -0.478 e. The van der Waals surface area contributed by atoms with Crippen LogP contribution in [0.15, 0.2) is 12.1 Å². The number of nitriles is 1. The smallest absolute Gasteiger partial charge is 0.276 e. The highest BCUT2D eigenvalue weighted by atomic mass is 35.5. The Bertz CT molecular complexity index is 857. The van der Waals surface area contributed by atoms with Crippen LogP contribution in [0.4, 0.5) is 5.00 Å². The maximum absolute atomic E-state index is 12.7. The third-order valence-electron chi connectivity index (χ3n) is 4.34. The Morgan fingerprint density at radius 2 is 2.12 bits per heavy atom. The summed E-state index contributed by atoms with van der Waals surface area (Å²) in [6.45, 7) is 2.29. The van der Waals surface area contributed by atoms with E-state index in [1.54, 1.807) is 12.1 Å². The van der Waals surface area contributed by atoms with Crippen LogP contribution in [0.1, 0.15) is 59.1 Å². The van der Waals surface area contributed by atoms with E-state index in [0.717, 1.165) is 31.2 Å². The summed E-state index contributed by atoms with van der Waals surface area (Å²) in [5.41, 5.74) is 1.77. The Kier molecular flexibility index (Phi) is 6.12. The van der Waals surface area contributed by atoms with Gasteiger partial charge in [0.05, 0.1) is 17.2 Å². The molecule has 1 N–H and O–H groups in total. The van der Waals surface area contributed by atoms with E-state index in [-0.39, 0.29) is 10.7 Å². The Morgan fingerprint density at radius 3 is 2.85 bits per heavy atom. The summed E-state index contributed by atoms with van der Waals surface area (Å²) in [6.07, 6.45) is 6.45. The van der Waals surface area contributed by atoms with Gasteiger partial charge in [0.2, 0.25) is 5.88 Å². The summed E-state index contributed by atoms with van der Waals surface area (Å²) in [5, 5.41) is 13.3. The summed E-state index contributed by atoms with van der Waals surface area (Å²) in [6, 6.07) is 5.49. The third-order valence-corrected chi connectivity index (χ3v) is 5.85. The molecular formula is C19H20ClN3O2S. The molecule has 26 heavy (non-hydrogen) atoms. The van der Waals surface area contributed by atoms with E-state index in [1.807, 2.05) is 6.92 Å². The molecule has 0 aliphatic heterocycles. The zero-order valence-electron chi connectivity index (χ0n) is 14.6. The van der Waals surface area contributed by atoms with Gasteiger partial charge in [-0.2, -0.15) is 5.26 Å². The van der Waals surface area contributed by atoms with Crippen LogP contribution >= 0.6 is 22.9 Å². The average molecular weight is 390 g/mol. The average Bonchev–Trinajstić information content (AvgIpc) is 2.92. The van der Waals surface area contributed by atoms with Gasteiger partial charge in [-0.25, -0.2) is 4.98 Å². The maximum Gasteiger partial charge on any atom is 0.276 e. The van der Waals surface area contributed by atoms with Crippen LogP contribution in [0.5, 0.6) is 5.88 Å². The lowest BCUT2D eigenvalue weighted by Crippen LogP contribution is -2.15. The lowest BCUT2D eigenvalue weighted by Gasteiger charge is -2.09. The number of ether oxygens (including phenoxy) is 1. The van der Waals surface area contributed by atoms with Crippen LogP contribution in [0.25, 0.3) is 0 Å². The highest BCUT2D eigenvalue weighted by molar-refractivity contribution is 7.16. The number of rotatable bonds is 4. The van der Waals surface area contributed by atoms with E-state index in [1.165, 1.54) is 29.1 Å². The number of thiophene rings is 1. The first-order valence-electron chi connectivity index (χ1n) is 8.79. The Balaban J connectivity index is 1.89. The lowest BCUT2D eigenvalue weighted by molar-refractivity contribution is 0.102. The molecule has 1 aliphatic carbocycles. The van der Waals surface area contributed by atoms with Gasteiger partial charge in [-0.1, -0.05) is 24.4 Å². The van der Waals surface area contributed by atoms with Gasteiger partial charge in [-0.05, 0) is 44.2 Å². The molecule has 1 amide bonds. The monoisotopic (exact) mass is 389 g/mol. The van der Waals surface area contributed by atoms with Gasteiger partial charge in [-0.15, -0.1) is 11.3 Å². The fourth-order valence-electron chi connectivity index (χ4n) is 3.10. The third kappa shape index (κ3) is 4.00. The largest absolute Gasteiger partial charge is 0.478 e. The molecule has 0 atom stereocenters. The van der Waals surface area contributed by atoms with E-state index >= 15 is 0 Å². The Hall–Kier alpha value is -2.10. The van der Waals surface area contributed by atoms with Crippen molar-refractivity contribution in [3.05, 3.63) is 38.9 Å². The number of anilines is 1. The number of aromatic nitrogens is 1. The Morgan fingerprint density at radius 1 is 1.35 bits per heavy atom. The lowest BCUT2D eigenvalue weighted by atomic mass is 9.97. The molecule has 136 valence electrons. The van der Waals surface area contributed by atoms with Crippen molar-refractivity contribution in [2.75, 3.05) is 11.9 Å². The molecule has 2 aromatic heterocycles. The van der Waals surface area contributed by atoms with Gasteiger partial charge in [0, 0.05) is 10.9 Å². The van der Waals surface area contributed by atoms with Crippen molar-refractivity contribution in [2.24, 2.45) is 0 Å². The molecule has 2 heterocycles. The van der Waals surface area contributed by atoms with Crippen LogP contribution in [0, 0.1) is 11.3 Å². The molecule has 1 aliphatic rings. The van der Waals surface area contributed by atoms with Crippen molar-refractivity contribution < 1.29 is 9.53 Å². The van der Waals surface area contributed by atoms with Gasteiger partial charge >= 0.3 is 0 Å². The molecule has 0 unspecified atom stereocenters. The molecular weight excluding hydrogens is 370 g/mol. The van der Waals surface area contributed by atoms with E-state index < -0.39 is 5.91 Å². The van der Waals surface area contributed by atoms with Crippen molar-refractivity contribution in [3.63, 3.8) is 0 Å². The number of nitrogens with zero attached hydrogens (tertiary/aromatic N) is 2.